The molecule has 0 amide bonds. The van der Waals surface area contributed by atoms with E-state index in [9.17, 15) is 0 Å². The molecule has 0 aliphatic rings. The summed E-state index contributed by atoms with van der Waals surface area (Å²) in [7, 11) is 6.07. The molecule has 0 bridgehead atoms. The smallest absolute Gasteiger partial charge is 0.297 e. The minimum Gasteiger partial charge on any atom is -0.432 e. The molecule has 0 aliphatic carbocycles. The van der Waals surface area contributed by atoms with Crippen molar-refractivity contribution in [2.24, 2.45) is 5.92 Å². The van der Waals surface area contributed by atoms with Gasteiger partial charge in [0.15, 0.2) is 0 Å². The van der Waals surface area contributed by atoms with Gasteiger partial charge in [-0.1, -0.05) is 13.8 Å². The molecule has 0 aromatic carbocycles. The lowest BCUT2D eigenvalue weighted by atomic mass is 10.2. The Morgan fingerprint density at radius 3 is 2.61 bits per heavy atom. The Kier molecular flexibility index (Phi) is 6.15. The van der Waals surface area contributed by atoms with E-state index in [1.165, 1.54) is 0 Å². The van der Waals surface area contributed by atoms with E-state index in [1.54, 1.807) is 6.26 Å². The monoisotopic (exact) mass is 254 g/mol. The zero-order chi connectivity index (χ0) is 13.5. The molecule has 1 aromatic heterocycles. The summed E-state index contributed by atoms with van der Waals surface area (Å²) in [6.45, 7) is 8.06. The summed E-state index contributed by atoms with van der Waals surface area (Å²) in [5.41, 5.74) is 0.950. The second-order valence-electron chi connectivity index (χ2n) is 5.29. The highest BCUT2D eigenvalue weighted by molar-refractivity contribution is 5.27. The zero-order valence-corrected chi connectivity index (χ0v) is 12.2. The van der Waals surface area contributed by atoms with Crippen LogP contribution in [-0.4, -0.2) is 50.7 Å². The molecule has 0 atom stereocenters. The van der Waals surface area contributed by atoms with Gasteiger partial charge in [-0.25, -0.2) is 0 Å². The zero-order valence-electron chi connectivity index (χ0n) is 12.2. The van der Waals surface area contributed by atoms with Gasteiger partial charge in [-0.3, -0.25) is 0 Å². The summed E-state index contributed by atoms with van der Waals surface area (Å²) in [6, 6.07) is 0.732. The maximum atomic E-state index is 5.57. The maximum Gasteiger partial charge on any atom is 0.297 e. The van der Waals surface area contributed by atoms with Gasteiger partial charge in [0.05, 0.1) is 5.69 Å². The second-order valence-corrected chi connectivity index (χ2v) is 5.29. The topological polar surface area (TPSA) is 44.5 Å². The number of hydrogen-bond donors (Lipinski definition) is 1. The molecule has 0 fully saturated rings. The van der Waals surface area contributed by atoms with E-state index in [0.29, 0.717) is 5.92 Å². The van der Waals surface area contributed by atoms with Crippen molar-refractivity contribution in [3.63, 3.8) is 0 Å². The van der Waals surface area contributed by atoms with Gasteiger partial charge in [-0.15, -0.1) is 0 Å². The lowest BCUT2D eigenvalue weighted by Gasteiger charge is -2.24. The van der Waals surface area contributed by atoms with E-state index in [4.69, 9.17) is 4.42 Å². The first-order valence-corrected chi connectivity index (χ1v) is 6.51. The van der Waals surface area contributed by atoms with Gasteiger partial charge in [0, 0.05) is 26.2 Å². The first kappa shape index (κ1) is 15.0. The fourth-order valence-electron chi connectivity index (χ4n) is 1.73. The maximum absolute atomic E-state index is 5.57. The quantitative estimate of drug-likeness (QED) is 0.760. The van der Waals surface area contributed by atoms with E-state index in [2.05, 4.69) is 48.0 Å². The fraction of sp³-hybridized carbons (Fsp3) is 0.769. The van der Waals surface area contributed by atoms with Crippen molar-refractivity contribution in [3.8, 4) is 0 Å². The highest BCUT2D eigenvalue weighted by Gasteiger charge is 2.14. The Hall–Kier alpha value is -1.07. The molecule has 1 N–H and O–H groups in total. The molecule has 0 radical (unpaired) electrons. The summed E-state index contributed by atoms with van der Waals surface area (Å²) in [5.74, 6) is 0.590. The summed E-state index contributed by atoms with van der Waals surface area (Å²) >= 11 is 0. The normalized spacial score (nSPS) is 11.5. The first-order valence-electron chi connectivity index (χ1n) is 6.51. The number of anilines is 1. The van der Waals surface area contributed by atoms with Crippen molar-refractivity contribution >= 4 is 6.01 Å². The lowest BCUT2D eigenvalue weighted by Crippen LogP contribution is -2.34. The third-order valence-corrected chi connectivity index (χ3v) is 2.57. The minimum atomic E-state index is 0.590. The van der Waals surface area contributed by atoms with Crippen molar-refractivity contribution in [2.75, 3.05) is 45.7 Å². The van der Waals surface area contributed by atoms with Crippen molar-refractivity contribution in [1.29, 1.82) is 0 Å². The summed E-state index contributed by atoms with van der Waals surface area (Å²) in [5, 5.41) is 3.08. The van der Waals surface area contributed by atoms with Gasteiger partial charge >= 0.3 is 0 Å². The van der Waals surface area contributed by atoms with E-state index < -0.39 is 0 Å². The Bertz CT molecular complexity index is 335. The van der Waals surface area contributed by atoms with E-state index in [1.807, 2.05) is 7.05 Å². The number of rotatable bonds is 8. The standard InChI is InChI=1S/C13H26N4O/c1-11(2)9-17(7-6-16(4)5)13-15-12(8-14-3)10-18-13/h10-11,14H,6-9H2,1-5H3. The van der Waals surface area contributed by atoms with Crippen molar-refractivity contribution in [3.05, 3.63) is 12.0 Å². The molecule has 0 unspecified atom stereocenters. The molecular formula is C13H26N4O. The first-order chi connectivity index (χ1) is 8.52. The molecule has 1 aromatic rings. The Labute approximate surface area is 110 Å². The average Bonchev–Trinajstić information content (AvgIpc) is 2.72. The molecule has 1 heterocycles. The molecule has 0 saturated carbocycles. The molecule has 104 valence electrons. The molecule has 5 heteroatoms. The lowest BCUT2D eigenvalue weighted by molar-refractivity contribution is 0.399. The minimum absolute atomic E-state index is 0.590. The number of likely N-dealkylation sites (N-methyl/N-ethyl adjacent to an activating group) is 1. The van der Waals surface area contributed by atoms with Gasteiger partial charge < -0.3 is 19.5 Å². The number of nitrogens with zero attached hydrogens (tertiary/aromatic N) is 3. The van der Waals surface area contributed by atoms with Crippen LogP contribution in [0.15, 0.2) is 10.7 Å². The second kappa shape index (κ2) is 7.38. The predicted molar refractivity (Wildman–Crippen MR) is 74.9 cm³/mol. The predicted octanol–water partition coefficient (Wildman–Crippen LogP) is 1.42. The largest absolute Gasteiger partial charge is 0.432 e. The van der Waals surface area contributed by atoms with Crippen LogP contribution in [0.25, 0.3) is 0 Å². The van der Waals surface area contributed by atoms with Gasteiger partial charge in [-0.05, 0) is 27.1 Å². The molecule has 1 rings (SSSR count). The van der Waals surface area contributed by atoms with Gasteiger partial charge in [0.2, 0.25) is 0 Å². The van der Waals surface area contributed by atoms with Crippen LogP contribution >= 0.6 is 0 Å². The average molecular weight is 254 g/mol. The third-order valence-electron chi connectivity index (χ3n) is 2.57. The van der Waals surface area contributed by atoms with E-state index >= 15 is 0 Å². The van der Waals surface area contributed by atoms with Crippen molar-refractivity contribution in [1.82, 2.24) is 15.2 Å². The van der Waals surface area contributed by atoms with E-state index in [-0.39, 0.29) is 0 Å². The molecule has 0 saturated heterocycles. The highest BCUT2D eigenvalue weighted by atomic mass is 16.4. The number of hydrogen-bond acceptors (Lipinski definition) is 5. The molecule has 0 aliphatic heterocycles. The molecule has 0 spiro atoms. The SMILES string of the molecule is CNCc1coc(N(CCN(C)C)CC(C)C)n1. The molecule has 18 heavy (non-hydrogen) atoms. The third kappa shape index (κ3) is 5.06. The van der Waals surface area contributed by atoms with Crippen LogP contribution < -0.4 is 10.2 Å². The van der Waals surface area contributed by atoms with Crippen LogP contribution in [0.5, 0.6) is 0 Å². The van der Waals surface area contributed by atoms with Crippen LogP contribution in [0.4, 0.5) is 6.01 Å². The van der Waals surface area contributed by atoms with Crippen LogP contribution in [0.1, 0.15) is 19.5 Å². The van der Waals surface area contributed by atoms with Gasteiger partial charge in [-0.2, -0.15) is 4.98 Å². The van der Waals surface area contributed by atoms with Crippen molar-refractivity contribution in [2.45, 2.75) is 20.4 Å². The highest BCUT2D eigenvalue weighted by Crippen LogP contribution is 2.15. The summed E-state index contributed by atoms with van der Waals surface area (Å²) < 4.78 is 5.57. The van der Waals surface area contributed by atoms with Gasteiger partial charge in [0.25, 0.3) is 6.01 Å². The fourth-order valence-corrected chi connectivity index (χ4v) is 1.73. The number of oxazole rings is 1. The molecular weight excluding hydrogens is 228 g/mol. The Balaban J connectivity index is 2.67. The molecule has 5 nitrogen and oxygen atoms in total. The van der Waals surface area contributed by atoms with Crippen molar-refractivity contribution < 1.29 is 4.42 Å². The van der Waals surface area contributed by atoms with E-state index in [0.717, 1.165) is 37.9 Å². The van der Waals surface area contributed by atoms with Crippen LogP contribution in [0.3, 0.4) is 0 Å². The number of aromatic nitrogens is 1. The Morgan fingerprint density at radius 1 is 1.33 bits per heavy atom. The van der Waals surface area contributed by atoms with Crippen LogP contribution in [-0.2, 0) is 6.54 Å². The van der Waals surface area contributed by atoms with Crippen LogP contribution in [0, 0.1) is 5.92 Å². The Morgan fingerprint density at radius 2 is 2.06 bits per heavy atom. The summed E-state index contributed by atoms with van der Waals surface area (Å²) in [6.07, 6.45) is 1.73. The number of nitrogens with one attached hydrogen (secondary N) is 1. The van der Waals surface area contributed by atoms with Gasteiger partial charge in [0.1, 0.15) is 6.26 Å². The van der Waals surface area contributed by atoms with Crippen LogP contribution in [0.2, 0.25) is 0 Å². The summed E-state index contributed by atoms with van der Waals surface area (Å²) in [4.78, 5) is 8.89.